The van der Waals surface area contributed by atoms with Gasteiger partial charge in [0.1, 0.15) is 0 Å². The van der Waals surface area contributed by atoms with Crippen molar-refractivity contribution in [1.29, 1.82) is 0 Å². The molecule has 0 radical (unpaired) electrons. The van der Waals surface area contributed by atoms with Crippen LogP contribution < -0.4 is 5.32 Å². The fourth-order valence-electron chi connectivity index (χ4n) is 2.96. The predicted molar refractivity (Wildman–Crippen MR) is 104 cm³/mol. The highest BCUT2D eigenvalue weighted by atomic mass is 32.1. The summed E-state index contributed by atoms with van der Waals surface area (Å²) in [6.45, 7) is 4.03. The van der Waals surface area contributed by atoms with E-state index in [2.05, 4.69) is 15.4 Å². The van der Waals surface area contributed by atoms with Crippen molar-refractivity contribution in [1.82, 2.24) is 14.6 Å². The number of hydrogen-bond acceptors (Lipinski definition) is 4. The quantitative estimate of drug-likeness (QED) is 0.592. The minimum absolute atomic E-state index is 0.143. The van der Waals surface area contributed by atoms with Crippen LogP contribution in [-0.2, 0) is 4.79 Å². The van der Waals surface area contributed by atoms with Gasteiger partial charge in [-0.15, -0.1) is 5.10 Å². The van der Waals surface area contributed by atoms with Crippen molar-refractivity contribution >= 4 is 28.2 Å². The van der Waals surface area contributed by atoms with Crippen molar-refractivity contribution < 1.29 is 4.79 Å². The number of aromatic nitrogens is 3. The summed E-state index contributed by atoms with van der Waals surface area (Å²) < 4.78 is 1.77. The number of amides is 1. The van der Waals surface area contributed by atoms with Crippen LogP contribution in [0.5, 0.6) is 0 Å². The molecule has 4 rings (SSSR count). The van der Waals surface area contributed by atoms with E-state index in [1.807, 2.05) is 74.5 Å². The van der Waals surface area contributed by atoms with E-state index in [0.29, 0.717) is 5.95 Å². The average molecular weight is 362 g/mol. The predicted octanol–water partition coefficient (Wildman–Crippen LogP) is 4.18. The van der Waals surface area contributed by atoms with Crippen LogP contribution >= 0.6 is 11.3 Å². The second-order valence-corrected chi connectivity index (χ2v) is 7.30. The van der Waals surface area contributed by atoms with Crippen LogP contribution in [-0.4, -0.2) is 20.5 Å². The van der Waals surface area contributed by atoms with Crippen LogP contribution in [0.1, 0.15) is 27.6 Å². The summed E-state index contributed by atoms with van der Waals surface area (Å²) >= 11 is 1.57. The van der Waals surface area contributed by atoms with E-state index in [9.17, 15) is 4.79 Å². The van der Waals surface area contributed by atoms with E-state index in [0.717, 1.165) is 21.8 Å². The summed E-state index contributed by atoms with van der Waals surface area (Å²) in [5.41, 5.74) is 2.91. The molecule has 4 aromatic rings. The zero-order valence-electron chi connectivity index (χ0n) is 14.5. The van der Waals surface area contributed by atoms with E-state index < -0.39 is 5.92 Å². The molecule has 1 N–H and O–H groups in total. The normalized spacial score (nSPS) is 11.2. The third kappa shape index (κ3) is 2.99. The van der Waals surface area contributed by atoms with Gasteiger partial charge >= 0.3 is 0 Å². The lowest BCUT2D eigenvalue weighted by Gasteiger charge is -2.16. The Kier molecular flexibility index (Phi) is 4.26. The van der Waals surface area contributed by atoms with Gasteiger partial charge in [0.05, 0.1) is 11.6 Å². The van der Waals surface area contributed by atoms with Gasteiger partial charge < -0.3 is 0 Å². The molecular weight excluding hydrogens is 344 g/mol. The number of fused-ring (bicyclic) bond motifs is 1. The molecule has 0 unspecified atom stereocenters. The zero-order chi connectivity index (χ0) is 18.1. The van der Waals surface area contributed by atoms with Gasteiger partial charge in [-0.2, -0.15) is 4.98 Å². The molecule has 26 heavy (non-hydrogen) atoms. The molecule has 2 aromatic heterocycles. The molecule has 0 aliphatic heterocycles. The topological polar surface area (TPSA) is 59.3 Å². The van der Waals surface area contributed by atoms with Crippen molar-refractivity contribution in [2.45, 2.75) is 19.8 Å². The lowest BCUT2D eigenvalue weighted by Crippen LogP contribution is -2.23. The lowest BCUT2D eigenvalue weighted by atomic mass is 9.90. The van der Waals surface area contributed by atoms with Crippen molar-refractivity contribution in [3.63, 3.8) is 0 Å². The molecule has 2 aromatic carbocycles. The SMILES string of the molecule is Cc1sc2nc(NC(=O)C(c3ccccc3)c3ccccc3)nn2c1C. The van der Waals surface area contributed by atoms with E-state index in [1.54, 1.807) is 15.9 Å². The van der Waals surface area contributed by atoms with Gasteiger partial charge in [0.2, 0.25) is 16.8 Å². The van der Waals surface area contributed by atoms with Crippen molar-refractivity contribution in [3.8, 4) is 0 Å². The number of carbonyl (C=O) groups is 1. The second-order valence-electron chi connectivity index (χ2n) is 6.12. The van der Waals surface area contributed by atoms with E-state index in [4.69, 9.17) is 0 Å². The standard InChI is InChI=1S/C20H18N4OS/c1-13-14(2)26-20-22-19(23-24(13)20)21-18(25)17(15-9-5-3-6-10-15)16-11-7-4-8-12-16/h3-12,17H,1-2H3,(H,21,23,25). The van der Waals surface area contributed by atoms with Crippen LogP contribution in [0.2, 0.25) is 0 Å². The third-order valence-corrected chi connectivity index (χ3v) is 5.46. The van der Waals surface area contributed by atoms with Crippen molar-refractivity contribution in [2.75, 3.05) is 5.32 Å². The van der Waals surface area contributed by atoms with Crippen molar-refractivity contribution in [3.05, 3.63) is 82.4 Å². The van der Waals surface area contributed by atoms with E-state index in [1.165, 1.54) is 4.88 Å². The average Bonchev–Trinajstić information content (AvgIpc) is 3.15. The minimum atomic E-state index is -0.415. The number of nitrogens with one attached hydrogen (secondary N) is 1. The van der Waals surface area contributed by atoms with Crippen LogP contribution in [0.15, 0.2) is 60.7 Å². The number of rotatable bonds is 4. The Morgan fingerprint density at radius 2 is 1.58 bits per heavy atom. The highest BCUT2D eigenvalue weighted by Crippen LogP contribution is 2.27. The van der Waals surface area contributed by atoms with Crippen LogP contribution in [0.4, 0.5) is 5.95 Å². The van der Waals surface area contributed by atoms with E-state index in [-0.39, 0.29) is 5.91 Å². The zero-order valence-corrected chi connectivity index (χ0v) is 15.3. The fraction of sp³-hybridized carbons (Fsp3) is 0.150. The highest BCUT2D eigenvalue weighted by molar-refractivity contribution is 7.17. The molecule has 0 aliphatic rings. The Morgan fingerprint density at radius 1 is 1.00 bits per heavy atom. The molecule has 5 nitrogen and oxygen atoms in total. The number of hydrogen-bond donors (Lipinski definition) is 1. The van der Waals surface area contributed by atoms with Gasteiger partial charge in [-0.25, -0.2) is 4.52 Å². The largest absolute Gasteiger partial charge is 0.292 e. The molecule has 130 valence electrons. The minimum Gasteiger partial charge on any atom is -0.292 e. The first-order chi connectivity index (χ1) is 12.6. The fourth-order valence-corrected chi connectivity index (χ4v) is 3.87. The maximum atomic E-state index is 13.1. The molecule has 0 spiro atoms. The maximum absolute atomic E-state index is 13.1. The van der Waals surface area contributed by atoms with Crippen LogP contribution in [0.3, 0.4) is 0 Å². The molecule has 0 atom stereocenters. The smallest absolute Gasteiger partial charge is 0.250 e. The van der Waals surface area contributed by atoms with Gasteiger partial charge in [0.15, 0.2) is 0 Å². The molecular formula is C20H18N4OS. The van der Waals surface area contributed by atoms with Gasteiger partial charge in [0, 0.05) is 4.88 Å². The number of thiazole rings is 1. The number of carbonyl (C=O) groups excluding carboxylic acids is 1. The summed E-state index contributed by atoms with van der Waals surface area (Å²) in [5, 5.41) is 7.31. The number of benzene rings is 2. The number of nitrogens with zero attached hydrogens (tertiary/aromatic N) is 3. The van der Waals surface area contributed by atoms with Crippen LogP contribution in [0, 0.1) is 13.8 Å². The number of anilines is 1. The molecule has 0 bridgehead atoms. The first kappa shape index (κ1) is 16.5. The monoisotopic (exact) mass is 362 g/mol. The van der Waals surface area contributed by atoms with Gasteiger partial charge in [0.25, 0.3) is 0 Å². The van der Waals surface area contributed by atoms with Gasteiger partial charge in [-0.1, -0.05) is 72.0 Å². The maximum Gasteiger partial charge on any atom is 0.250 e. The Balaban J connectivity index is 1.67. The molecule has 0 fully saturated rings. The molecule has 6 heteroatoms. The molecule has 0 aliphatic carbocycles. The second kappa shape index (κ2) is 6.72. The van der Waals surface area contributed by atoms with Crippen molar-refractivity contribution in [2.24, 2.45) is 0 Å². The van der Waals surface area contributed by atoms with Gasteiger partial charge in [-0.3, -0.25) is 10.1 Å². The summed E-state index contributed by atoms with van der Waals surface area (Å²) in [5.74, 6) is -0.224. The summed E-state index contributed by atoms with van der Waals surface area (Å²) in [6.07, 6.45) is 0. The summed E-state index contributed by atoms with van der Waals surface area (Å²) in [6, 6.07) is 19.5. The van der Waals surface area contributed by atoms with Gasteiger partial charge in [-0.05, 0) is 25.0 Å². The Bertz CT molecular complexity index is 1010. The molecule has 0 saturated heterocycles. The van der Waals surface area contributed by atoms with E-state index >= 15 is 0 Å². The lowest BCUT2D eigenvalue weighted by molar-refractivity contribution is -0.116. The Labute approximate surface area is 155 Å². The van der Waals surface area contributed by atoms with Crippen LogP contribution in [0.25, 0.3) is 4.96 Å². The first-order valence-corrected chi connectivity index (χ1v) is 9.18. The summed E-state index contributed by atoms with van der Waals surface area (Å²) in [4.78, 5) is 19.5. The third-order valence-electron chi connectivity index (χ3n) is 4.41. The first-order valence-electron chi connectivity index (χ1n) is 8.37. The highest BCUT2D eigenvalue weighted by Gasteiger charge is 2.24. The Morgan fingerprint density at radius 3 is 2.12 bits per heavy atom. The molecule has 0 saturated carbocycles. The summed E-state index contributed by atoms with van der Waals surface area (Å²) in [7, 11) is 0. The molecule has 2 heterocycles. The molecule has 1 amide bonds. The Hall–Kier alpha value is -2.99. The number of aryl methyl sites for hydroxylation is 2.